The minimum absolute atomic E-state index is 0.184. The van der Waals surface area contributed by atoms with Crippen molar-refractivity contribution in [3.63, 3.8) is 0 Å². The first-order chi connectivity index (χ1) is 10.6. The third-order valence-electron chi connectivity index (χ3n) is 3.05. The van der Waals surface area contributed by atoms with Crippen molar-refractivity contribution in [1.29, 1.82) is 5.26 Å². The molecule has 0 atom stereocenters. The lowest BCUT2D eigenvalue weighted by Crippen LogP contribution is -2.10. The van der Waals surface area contributed by atoms with E-state index in [1.807, 2.05) is 30.3 Å². The van der Waals surface area contributed by atoms with Crippen LogP contribution in [-0.2, 0) is 11.3 Å². The lowest BCUT2D eigenvalue weighted by Gasteiger charge is -2.13. The van der Waals surface area contributed by atoms with Crippen LogP contribution in [0.3, 0.4) is 0 Å². The fourth-order valence-electron chi connectivity index (χ4n) is 1.93. The van der Waals surface area contributed by atoms with Gasteiger partial charge in [-0.1, -0.05) is 43.0 Å². The Morgan fingerprint density at radius 3 is 2.45 bits per heavy atom. The molecular formula is C17H15N3O2. The van der Waals surface area contributed by atoms with E-state index in [0.29, 0.717) is 23.5 Å². The van der Waals surface area contributed by atoms with Crippen molar-refractivity contribution in [2.45, 2.75) is 6.54 Å². The van der Waals surface area contributed by atoms with E-state index in [2.05, 4.69) is 23.3 Å². The number of carboxylic acids is 1. The van der Waals surface area contributed by atoms with Crippen LogP contribution in [0.15, 0.2) is 60.8 Å². The van der Waals surface area contributed by atoms with E-state index in [1.165, 1.54) is 0 Å². The zero-order valence-corrected chi connectivity index (χ0v) is 11.8. The first kappa shape index (κ1) is 15.1. The van der Waals surface area contributed by atoms with Gasteiger partial charge in [0.25, 0.3) is 0 Å². The Labute approximate surface area is 128 Å². The summed E-state index contributed by atoms with van der Waals surface area (Å²) < 4.78 is 0. The van der Waals surface area contributed by atoms with Gasteiger partial charge in [-0.2, -0.15) is 5.26 Å². The van der Waals surface area contributed by atoms with Crippen LogP contribution in [0.1, 0.15) is 11.1 Å². The monoisotopic (exact) mass is 293 g/mol. The highest BCUT2D eigenvalue weighted by Crippen LogP contribution is 2.25. The molecule has 0 bridgehead atoms. The number of carboxylic acid groups (broad SMARTS) is 1. The molecule has 2 aromatic carbocycles. The minimum atomic E-state index is -1.16. The van der Waals surface area contributed by atoms with Gasteiger partial charge in [0.05, 0.1) is 16.9 Å². The molecule has 0 unspecified atom stereocenters. The van der Waals surface area contributed by atoms with Gasteiger partial charge in [0.15, 0.2) is 0 Å². The summed E-state index contributed by atoms with van der Waals surface area (Å²) >= 11 is 0. The normalized spacial score (nSPS) is 9.59. The van der Waals surface area contributed by atoms with Gasteiger partial charge in [0.1, 0.15) is 11.8 Å². The molecule has 0 spiro atoms. The summed E-state index contributed by atoms with van der Waals surface area (Å²) in [6.07, 6.45) is 0. The van der Waals surface area contributed by atoms with Gasteiger partial charge in [-0.15, -0.1) is 0 Å². The van der Waals surface area contributed by atoms with E-state index in [-0.39, 0.29) is 5.70 Å². The molecule has 0 fully saturated rings. The van der Waals surface area contributed by atoms with Crippen LogP contribution in [0, 0.1) is 11.3 Å². The maximum Gasteiger partial charge on any atom is 0.351 e. The van der Waals surface area contributed by atoms with Gasteiger partial charge >= 0.3 is 5.97 Å². The van der Waals surface area contributed by atoms with Crippen molar-refractivity contribution in [3.8, 4) is 6.07 Å². The number of nitrogens with zero attached hydrogens (tertiary/aromatic N) is 1. The molecule has 0 aromatic heterocycles. The predicted octanol–water partition coefficient (Wildman–Crippen LogP) is 3.18. The maximum atomic E-state index is 10.8. The van der Waals surface area contributed by atoms with E-state index in [9.17, 15) is 10.1 Å². The number of nitrogens with one attached hydrogen (secondary N) is 2. The first-order valence-corrected chi connectivity index (χ1v) is 6.62. The largest absolute Gasteiger partial charge is 0.477 e. The molecular weight excluding hydrogens is 278 g/mol. The minimum Gasteiger partial charge on any atom is -0.477 e. The summed E-state index contributed by atoms with van der Waals surface area (Å²) in [5.41, 5.74) is 2.29. The fraction of sp³-hybridized carbons (Fsp3) is 0.0588. The first-order valence-electron chi connectivity index (χ1n) is 6.62. The molecule has 0 aliphatic heterocycles. The Balaban J connectivity index is 2.20. The highest BCUT2D eigenvalue weighted by atomic mass is 16.4. The van der Waals surface area contributed by atoms with Gasteiger partial charge in [-0.3, -0.25) is 0 Å². The lowest BCUT2D eigenvalue weighted by molar-refractivity contribution is -0.132. The van der Waals surface area contributed by atoms with Crippen LogP contribution in [0.2, 0.25) is 0 Å². The summed E-state index contributed by atoms with van der Waals surface area (Å²) in [7, 11) is 0. The Kier molecular flexibility index (Phi) is 4.78. The molecule has 0 amide bonds. The standard InChI is InChI=1S/C17H15N3O2/c1-12(17(21)22)20-16-9-5-8-15(14(16)10-18)19-11-13-6-3-2-4-7-13/h2-9,19-20H,1,11H2,(H,21,22). The van der Waals surface area contributed by atoms with E-state index in [4.69, 9.17) is 5.11 Å². The van der Waals surface area contributed by atoms with Gasteiger partial charge in [-0.05, 0) is 17.7 Å². The van der Waals surface area contributed by atoms with E-state index in [0.717, 1.165) is 5.56 Å². The molecule has 0 saturated heterocycles. The third kappa shape index (κ3) is 3.64. The number of benzene rings is 2. The number of carbonyl (C=O) groups is 1. The molecule has 3 N–H and O–H groups in total. The average Bonchev–Trinajstić information content (AvgIpc) is 2.53. The second-order valence-electron chi connectivity index (χ2n) is 4.59. The molecule has 5 heteroatoms. The van der Waals surface area contributed by atoms with Crippen molar-refractivity contribution < 1.29 is 9.90 Å². The van der Waals surface area contributed by atoms with Crippen molar-refractivity contribution >= 4 is 17.3 Å². The van der Waals surface area contributed by atoms with Crippen LogP contribution in [0.4, 0.5) is 11.4 Å². The zero-order valence-electron chi connectivity index (χ0n) is 11.8. The Bertz CT molecular complexity index is 733. The number of aliphatic carboxylic acids is 1. The van der Waals surface area contributed by atoms with Crippen LogP contribution in [0.5, 0.6) is 0 Å². The quantitative estimate of drug-likeness (QED) is 0.712. The summed E-state index contributed by atoms with van der Waals surface area (Å²) in [6, 6.07) is 17.0. The maximum absolute atomic E-state index is 10.8. The topological polar surface area (TPSA) is 85.1 Å². The van der Waals surface area contributed by atoms with E-state index < -0.39 is 5.97 Å². The molecule has 5 nitrogen and oxygen atoms in total. The molecule has 2 rings (SSSR count). The molecule has 0 aliphatic carbocycles. The van der Waals surface area contributed by atoms with Crippen molar-refractivity contribution in [1.82, 2.24) is 0 Å². The number of hydrogen-bond acceptors (Lipinski definition) is 4. The van der Waals surface area contributed by atoms with Gasteiger partial charge in [0, 0.05) is 6.54 Å². The summed E-state index contributed by atoms with van der Waals surface area (Å²) in [4.78, 5) is 10.8. The number of rotatable bonds is 6. The number of nitriles is 1. The molecule has 2 aromatic rings. The Morgan fingerprint density at radius 2 is 1.82 bits per heavy atom. The summed E-state index contributed by atoms with van der Waals surface area (Å²) in [5, 5.41) is 24.0. The van der Waals surface area contributed by atoms with Crippen LogP contribution >= 0.6 is 0 Å². The van der Waals surface area contributed by atoms with Gasteiger partial charge in [-0.25, -0.2) is 4.79 Å². The van der Waals surface area contributed by atoms with Crippen LogP contribution in [-0.4, -0.2) is 11.1 Å². The van der Waals surface area contributed by atoms with Crippen molar-refractivity contribution in [2.24, 2.45) is 0 Å². The highest BCUT2D eigenvalue weighted by molar-refractivity contribution is 5.90. The zero-order chi connectivity index (χ0) is 15.9. The molecule has 0 saturated carbocycles. The smallest absolute Gasteiger partial charge is 0.351 e. The fourth-order valence-corrected chi connectivity index (χ4v) is 1.93. The van der Waals surface area contributed by atoms with Crippen molar-refractivity contribution in [3.05, 3.63) is 71.9 Å². The van der Waals surface area contributed by atoms with Crippen LogP contribution in [0.25, 0.3) is 0 Å². The Morgan fingerprint density at radius 1 is 1.14 bits per heavy atom. The highest BCUT2D eigenvalue weighted by Gasteiger charge is 2.11. The summed E-state index contributed by atoms with van der Waals surface area (Å²) in [5.74, 6) is -1.16. The molecule has 22 heavy (non-hydrogen) atoms. The summed E-state index contributed by atoms with van der Waals surface area (Å²) in [6.45, 7) is 3.98. The number of hydrogen-bond donors (Lipinski definition) is 3. The molecule has 0 heterocycles. The SMILES string of the molecule is C=C(Nc1cccc(NCc2ccccc2)c1C#N)C(=O)O. The number of anilines is 2. The average molecular weight is 293 g/mol. The van der Waals surface area contributed by atoms with E-state index >= 15 is 0 Å². The van der Waals surface area contributed by atoms with Gasteiger partial charge in [0.2, 0.25) is 0 Å². The second kappa shape index (κ2) is 6.95. The van der Waals surface area contributed by atoms with Crippen molar-refractivity contribution in [2.75, 3.05) is 10.6 Å². The van der Waals surface area contributed by atoms with E-state index in [1.54, 1.807) is 18.2 Å². The lowest BCUT2D eigenvalue weighted by atomic mass is 10.1. The molecule has 110 valence electrons. The third-order valence-corrected chi connectivity index (χ3v) is 3.05. The second-order valence-corrected chi connectivity index (χ2v) is 4.59. The van der Waals surface area contributed by atoms with Gasteiger partial charge < -0.3 is 15.7 Å². The Hall–Kier alpha value is -3.26. The predicted molar refractivity (Wildman–Crippen MR) is 85.3 cm³/mol. The molecule has 0 radical (unpaired) electrons. The molecule has 0 aliphatic rings. The van der Waals surface area contributed by atoms with Crippen LogP contribution < -0.4 is 10.6 Å².